The SMILES string of the molecule is CCOC(=O)C(C)Sc1ccc(F)c(Cl)c1. The molecule has 0 radical (unpaired) electrons. The van der Waals surface area contributed by atoms with Crippen LogP contribution >= 0.6 is 23.4 Å². The predicted octanol–water partition coefficient (Wildman–Crippen LogP) is 3.52. The normalized spacial score (nSPS) is 12.2. The second-order valence-corrected chi connectivity index (χ2v) is 4.91. The van der Waals surface area contributed by atoms with Crippen LogP contribution in [-0.4, -0.2) is 17.8 Å². The van der Waals surface area contributed by atoms with Crippen LogP contribution in [0.5, 0.6) is 0 Å². The van der Waals surface area contributed by atoms with Crippen molar-refractivity contribution in [3.8, 4) is 0 Å². The number of carbonyl (C=O) groups is 1. The summed E-state index contributed by atoms with van der Waals surface area (Å²) in [6.07, 6.45) is 0. The number of esters is 1. The molecule has 0 heterocycles. The minimum Gasteiger partial charge on any atom is -0.465 e. The van der Waals surface area contributed by atoms with Crippen LogP contribution in [0.4, 0.5) is 4.39 Å². The van der Waals surface area contributed by atoms with E-state index in [-0.39, 0.29) is 16.2 Å². The predicted molar refractivity (Wildman–Crippen MR) is 63.4 cm³/mol. The summed E-state index contributed by atoms with van der Waals surface area (Å²) in [7, 11) is 0. The highest BCUT2D eigenvalue weighted by Gasteiger charge is 2.15. The molecule has 1 rings (SSSR count). The van der Waals surface area contributed by atoms with Gasteiger partial charge in [0.25, 0.3) is 0 Å². The Labute approximate surface area is 103 Å². The van der Waals surface area contributed by atoms with Gasteiger partial charge in [0.05, 0.1) is 11.6 Å². The second kappa shape index (κ2) is 6.11. The third kappa shape index (κ3) is 3.68. The Kier molecular flexibility index (Phi) is 5.09. The molecule has 0 fully saturated rings. The average molecular weight is 263 g/mol. The summed E-state index contributed by atoms with van der Waals surface area (Å²) in [5.74, 6) is -0.747. The molecule has 0 bridgehead atoms. The Morgan fingerprint density at radius 3 is 2.88 bits per heavy atom. The minimum atomic E-state index is -0.463. The van der Waals surface area contributed by atoms with Crippen LogP contribution in [0.3, 0.4) is 0 Å². The van der Waals surface area contributed by atoms with Gasteiger partial charge in [0.1, 0.15) is 11.1 Å². The summed E-state index contributed by atoms with van der Waals surface area (Å²) >= 11 is 6.92. The van der Waals surface area contributed by atoms with E-state index in [1.807, 2.05) is 0 Å². The molecule has 2 nitrogen and oxygen atoms in total. The first kappa shape index (κ1) is 13.3. The first-order valence-electron chi connectivity index (χ1n) is 4.83. The first-order valence-corrected chi connectivity index (χ1v) is 6.08. The van der Waals surface area contributed by atoms with E-state index in [9.17, 15) is 9.18 Å². The molecule has 0 amide bonds. The van der Waals surface area contributed by atoms with E-state index in [1.54, 1.807) is 19.9 Å². The summed E-state index contributed by atoms with van der Waals surface area (Å²) < 4.78 is 17.7. The quantitative estimate of drug-likeness (QED) is 0.613. The maximum atomic E-state index is 12.9. The number of halogens is 2. The molecule has 0 saturated heterocycles. The number of benzene rings is 1. The van der Waals surface area contributed by atoms with Gasteiger partial charge in [0, 0.05) is 4.90 Å². The Morgan fingerprint density at radius 1 is 1.62 bits per heavy atom. The zero-order chi connectivity index (χ0) is 12.1. The minimum absolute atomic E-state index is 0.0565. The van der Waals surface area contributed by atoms with E-state index in [4.69, 9.17) is 16.3 Å². The highest BCUT2D eigenvalue weighted by Crippen LogP contribution is 2.27. The van der Waals surface area contributed by atoms with E-state index in [0.717, 1.165) is 4.90 Å². The Bertz CT molecular complexity index is 384. The van der Waals surface area contributed by atoms with Crippen molar-refractivity contribution in [2.45, 2.75) is 24.0 Å². The molecular formula is C11H12ClFO2S. The van der Waals surface area contributed by atoms with Gasteiger partial charge in [0.15, 0.2) is 0 Å². The van der Waals surface area contributed by atoms with Gasteiger partial charge in [-0.05, 0) is 32.0 Å². The molecule has 0 aliphatic heterocycles. The van der Waals surface area contributed by atoms with Crippen molar-refractivity contribution in [3.63, 3.8) is 0 Å². The largest absolute Gasteiger partial charge is 0.465 e. The van der Waals surface area contributed by atoms with Gasteiger partial charge in [-0.15, -0.1) is 11.8 Å². The molecule has 0 spiro atoms. The Hall–Kier alpha value is -0.740. The lowest BCUT2D eigenvalue weighted by molar-refractivity contribution is -0.142. The molecule has 0 aromatic heterocycles. The molecule has 1 aromatic rings. The lowest BCUT2D eigenvalue weighted by Crippen LogP contribution is -2.16. The van der Waals surface area contributed by atoms with Crippen LogP contribution in [0.25, 0.3) is 0 Å². The molecule has 16 heavy (non-hydrogen) atoms. The van der Waals surface area contributed by atoms with Gasteiger partial charge in [-0.25, -0.2) is 4.39 Å². The fourth-order valence-electron chi connectivity index (χ4n) is 1.06. The molecule has 0 aliphatic carbocycles. The third-order valence-electron chi connectivity index (χ3n) is 1.82. The van der Waals surface area contributed by atoms with E-state index in [2.05, 4.69) is 0 Å². The van der Waals surface area contributed by atoms with Crippen LogP contribution in [0, 0.1) is 5.82 Å². The van der Waals surface area contributed by atoms with E-state index >= 15 is 0 Å². The van der Waals surface area contributed by atoms with Crippen LogP contribution in [0.15, 0.2) is 23.1 Å². The van der Waals surface area contributed by atoms with Gasteiger partial charge < -0.3 is 4.74 Å². The number of hydrogen-bond acceptors (Lipinski definition) is 3. The summed E-state index contributed by atoms with van der Waals surface area (Å²) in [6, 6.07) is 4.36. The highest BCUT2D eigenvalue weighted by molar-refractivity contribution is 8.00. The van der Waals surface area contributed by atoms with Gasteiger partial charge in [-0.1, -0.05) is 11.6 Å². The summed E-state index contributed by atoms with van der Waals surface area (Å²) in [6.45, 7) is 3.85. The summed E-state index contributed by atoms with van der Waals surface area (Å²) in [5.41, 5.74) is 0. The van der Waals surface area contributed by atoms with E-state index in [1.165, 1.54) is 23.9 Å². The van der Waals surface area contributed by atoms with Crippen molar-refractivity contribution in [1.29, 1.82) is 0 Å². The average Bonchev–Trinajstić information content (AvgIpc) is 2.24. The van der Waals surface area contributed by atoms with Crippen LogP contribution in [0.2, 0.25) is 5.02 Å². The highest BCUT2D eigenvalue weighted by atomic mass is 35.5. The van der Waals surface area contributed by atoms with Gasteiger partial charge in [0.2, 0.25) is 0 Å². The molecule has 0 aliphatic rings. The zero-order valence-electron chi connectivity index (χ0n) is 9.00. The summed E-state index contributed by atoms with van der Waals surface area (Å²) in [4.78, 5) is 12.1. The monoisotopic (exact) mass is 262 g/mol. The van der Waals surface area contributed by atoms with Crippen molar-refractivity contribution < 1.29 is 13.9 Å². The lowest BCUT2D eigenvalue weighted by Gasteiger charge is -2.10. The number of thioether (sulfide) groups is 1. The van der Waals surface area contributed by atoms with Gasteiger partial charge in [-0.2, -0.15) is 0 Å². The number of ether oxygens (including phenoxy) is 1. The molecule has 88 valence electrons. The standard InChI is InChI=1S/C11H12ClFO2S/c1-3-15-11(14)7(2)16-8-4-5-10(13)9(12)6-8/h4-7H,3H2,1-2H3. The van der Waals surface area contributed by atoms with Gasteiger partial charge >= 0.3 is 5.97 Å². The van der Waals surface area contributed by atoms with E-state index < -0.39 is 5.82 Å². The number of rotatable bonds is 4. The Morgan fingerprint density at radius 2 is 2.31 bits per heavy atom. The Balaban J connectivity index is 2.66. The molecule has 0 saturated carbocycles. The van der Waals surface area contributed by atoms with Crippen molar-refractivity contribution in [2.75, 3.05) is 6.61 Å². The fraction of sp³-hybridized carbons (Fsp3) is 0.364. The van der Waals surface area contributed by atoms with Crippen LogP contribution in [0.1, 0.15) is 13.8 Å². The lowest BCUT2D eigenvalue weighted by atomic mass is 10.3. The van der Waals surface area contributed by atoms with Crippen LogP contribution < -0.4 is 0 Å². The zero-order valence-corrected chi connectivity index (χ0v) is 10.6. The van der Waals surface area contributed by atoms with Crippen molar-refractivity contribution in [1.82, 2.24) is 0 Å². The van der Waals surface area contributed by atoms with E-state index in [0.29, 0.717) is 6.61 Å². The van der Waals surface area contributed by atoms with Crippen molar-refractivity contribution in [2.24, 2.45) is 0 Å². The molecule has 0 N–H and O–H groups in total. The maximum Gasteiger partial charge on any atom is 0.319 e. The molecule has 1 unspecified atom stereocenters. The maximum absolute atomic E-state index is 12.9. The molecule has 1 atom stereocenters. The molecule has 1 aromatic carbocycles. The molecule has 5 heteroatoms. The number of carbonyl (C=O) groups excluding carboxylic acids is 1. The van der Waals surface area contributed by atoms with Crippen molar-refractivity contribution >= 4 is 29.3 Å². The fourth-order valence-corrected chi connectivity index (χ4v) is 2.21. The van der Waals surface area contributed by atoms with Crippen molar-refractivity contribution in [3.05, 3.63) is 29.0 Å². The second-order valence-electron chi connectivity index (χ2n) is 3.09. The summed E-state index contributed by atoms with van der Waals surface area (Å²) in [5, 5.41) is -0.275. The van der Waals surface area contributed by atoms with Crippen LogP contribution in [-0.2, 0) is 9.53 Å². The number of hydrogen-bond donors (Lipinski definition) is 0. The third-order valence-corrected chi connectivity index (χ3v) is 3.18. The first-order chi connectivity index (χ1) is 7.54. The smallest absolute Gasteiger partial charge is 0.319 e. The van der Waals surface area contributed by atoms with Gasteiger partial charge in [-0.3, -0.25) is 4.79 Å². The molecular weight excluding hydrogens is 251 g/mol. The topological polar surface area (TPSA) is 26.3 Å².